The number of aromatic nitrogens is 2. The first-order valence-corrected chi connectivity index (χ1v) is 6.61. The Morgan fingerprint density at radius 3 is 2.36 bits per heavy atom. The van der Waals surface area contributed by atoms with Crippen LogP contribution >= 0.6 is 10.7 Å². The summed E-state index contributed by atoms with van der Waals surface area (Å²) in [5, 5.41) is -0.0910. The van der Waals surface area contributed by atoms with Crippen molar-refractivity contribution >= 4 is 19.7 Å². The molecule has 0 spiro atoms. The molecule has 0 saturated carbocycles. The molecule has 0 aromatic carbocycles. The van der Waals surface area contributed by atoms with E-state index in [1.54, 1.807) is 4.57 Å². The van der Waals surface area contributed by atoms with Crippen LogP contribution in [0.1, 0.15) is 26.8 Å². The maximum atomic E-state index is 10.9. The summed E-state index contributed by atoms with van der Waals surface area (Å²) in [5.41, 5.74) is 0. The van der Waals surface area contributed by atoms with Crippen LogP contribution in [-0.2, 0) is 9.05 Å². The van der Waals surface area contributed by atoms with Gasteiger partial charge in [0.25, 0.3) is 9.05 Å². The average Bonchev–Trinajstić information content (AvgIpc) is 2.49. The quantitative estimate of drug-likeness (QED) is 0.755. The molecule has 1 aromatic heterocycles. The van der Waals surface area contributed by atoms with Crippen molar-refractivity contribution in [2.24, 2.45) is 5.92 Å². The first-order valence-electron chi connectivity index (χ1n) is 4.30. The van der Waals surface area contributed by atoms with Crippen LogP contribution in [0.2, 0.25) is 0 Å². The molecule has 4 nitrogen and oxygen atoms in total. The molecule has 1 aromatic rings. The molecule has 0 aliphatic rings. The van der Waals surface area contributed by atoms with Gasteiger partial charge in [0.05, 0.1) is 6.33 Å². The Hall–Kier alpha value is -0.550. The fourth-order valence-corrected chi connectivity index (χ4v) is 1.67. The lowest BCUT2D eigenvalue weighted by atomic mass is 10.1. The number of hydrogen-bond acceptors (Lipinski definition) is 3. The van der Waals surface area contributed by atoms with E-state index in [0.717, 1.165) is 0 Å². The van der Waals surface area contributed by atoms with Gasteiger partial charge in [-0.15, -0.1) is 0 Å². The predicted octanol–water partition coefficient (Wildman–Crippen LogP) is 2.03. The Balaban J connectivity index is 3.00. The number of hydrogen-bond donors (Lipinski definition) is 0. The summed E-state index contributed by atoms with van der Waals surface area (Å²) in [6, 6.07) is 0.203. The van der Waals surface area contributed by atoms with Crippen LogP contribution in [0.15, 0.2) is 17.6 Å². The average molecular weight is 237 g/mol. The molecule has 0 bridgehead atoms. The lowest BCUT2D eigenvalue weighted by Crippen LogP contribution is -2.09. The first-order chi connectivity index (χ1) is 6.32. The zero-order chi connectivity index (χ0) is 10.9. The smallest absolute Gasteiger partial charge is 0.280 e. The number of rotatable bonds is 3. The summed E-state index contributed by atoms with van der Waals surface area (Å²) in [7, 11) is 1.45. The van der Waals surface area contributed by atoms with E-state index in [1.165, 1.54) is 12.5 Å². The van der Waals surface area contributed by atoms with E-state index in [2.05, 4.69) is 18.8 Å². The van der Waals surface area contributed by atoms with Gasteiger partial charge in [0.1, 0.15) is 0 Å². The highest BCUT2D eigenvalue weighted by Crippen LogP contribution is 2.19. The second kappa shape index (κ2) is 3.90. The standard InChI is InChI=1S/C8H13ClN2O2S/c1-6(2)7(3)11-4-8(10-5-11)14(9,12)13/h4-7H,1-3H3. The van der Waals surface area contributed by atoms with E-state index in [-0.39, 0.29) is 11.1 Å². The van der Waals surface area contributed by atoms with Crippen molar-refractivity contribution in [3.05, 3.63) is 12.5 Å². The van der Waals surface area contributed by atoms with E-state index < -0.39 is 9.05 Å². The maximum absolute atomic E-state index is 10.9. The fourth-order valence-electron chi connectivity index (χ4n) is 1.01. The third-order valence-electron chi connectivity index (χ3n) is 2.26. The molecule has 0 N–H and O–H groups in total. The van der Waals surface area contributed by atoms with E-state index in [4.69, 9.17) is 10.7 Å². The SMILES string of the molecule is CC(C)C(C)n1cnc(S(=O)(=O)Cl)c1. The summed E-state index contributed by atoms with van der Waals surface area (Å²) in [4.78, 5) is 3.73. The van der Waals surface area contributed by atoms with Crippen LogP contribution in [0.3, 0.4) is 0 Å². The van der Waals surface area contributed by atoms with Crippen molar-refractivity contribution in [3.63, 3.8) is 0 Å². The second-order valence-corrected chi connectivity index (χ2v) is 6.09. The lowest BCUT2D eigenvalue weighted by Gasteiger charge is -2.16. The Bertz CT molecular complexity index is 411. The third kappa shape index (κ3) is 2.48. The summed E-state index contributed by atoms with van der Waals surface area (Å²) in [6.07, 6.45) is 2.94. The molecule has 1 unspecified atom stereocenters. The van der Waals surface area contributed by atoms with Crippen LogP contribution < -0.4 is 0 Å². The summed E-state index contributed by atoms with van der Waals surface area (Å²) < 4.78 is 23.6. The lowest BCUT2D eigenvalue weighted by molar-refractivity contribution is 0.407. The van der Waals surface area contributed by atoms with Gasteiger partial charge in [-0.3, -0.25) is 0 Å². The van der Waals surface area contributed by atoms with Gasteiger partial charge >= 0.3 is 0 Å². The Labute approximate surface area is 88.3 Å². The maximum Gasteiger partial charge on any atom is 0.280 e. The minimum Gasteiger partial charge on any atom is -0.333 e. The Morgan fingerprint density at radius 2 is 2.00 bits per heavy atom. The van der Waals surface area contributed by atoms with Gasteiger partial charge in [0.2, 0.25) is 0 Å². The normalized spacial score (nSPS) is 14.6. The summed E-state index contributed by atoms with van der Waals surface area (Å²) >= 11 is 0. The zero-order valence-electron chi connectivity index (χ0n) is 8.31. The number of nitrogens with zero attached hydrogens (tertiary/aromatic N) is 2. The van der Waals surface area contributed by atoms with Crippen LogP contribution in [0.25, 0.3) is 0 Å². The number of imidazole rings is 1. The molecule has 1 atom stereocenters. The van der Waals surface area contributed by atoms with E-state index in [9.17, 15) is 8.42 Å². The van der Waals surface area contributed by atoms with Gasteiger partial charge in [-0.1, -0.05) is 13.8 Å². The van der Waals surface area contributed by atoms with Crippen LogP contribution in [-0.4, -0.2) is 18.0 Å². The molecule has 6 heteroatoms. The van der Waals surface area contributed by atoms with Crippen LogP contribution in [0.5, 0.6) is 0 Å². The highest BCUT2D eigenvalue weighted by molar-refractivity contribution is 8.13. The van der Waals surface area contributed by atoms with Crippen molar-refractivity contribution in [2.75, 3.05) is 0 Å². The second-order valence-electron chi connectivity index (χ2n) is 3.58. The van der Waals surface area contributed by atoms with Crippen LogP contribution in [0.4, 0.5) is 0 Å². The molecule has 0 radical (unpaired) electrons. The van der Waals surface area contributed by atoms with Gasteiger partial charge in [0, 0.05) is 22.9 Å². The molecule has 0 amide bonds. The summed E-state index contributed by atoms with van der Waals surface area (Å²) in [5.74, 6) is 0.412. The molecule has 0 fully saturated rings. The zero-order valence-corrected chi connectivity index (χ0v) is 9.88. The first kappa shape index (κ1) is 11.5. The molecular formula is C8H13ClN2O2S. The summed E-state index contributed by atoms with van der Waals surface area (Å²) in [6.45, 7) is 6.11. The topological polar surface area (TPSA) is 52.0 Å². The van der Waals surface area contributed by atoms with Gasteiger partial charge < -0.3 is 4.57 Å². The van der Waals surface area contributed by atoms with Gasteiger partial charge in [-0.05, 0) is 12.8 Å². The molecule has 1 heterocycles. The fraction of sp³-hybridized carbons (Fsp3) is 0.625. The van der Waals surface area contributed by atoms with Gasteiger partial charge in [-0.25, -0.2) is 13.4 Å². The molecule has 0 saturated heterocycles. The van der Waals surface area contributed by atoms with E-state index in [1.807, 2.05) is 6.92 Å². The monoisotopic (exact) mass is 236 g/mol. The largest absolute Gasteiger partial charge is 0.333 e. The van der Waals surface area contributed by atoms with Crippen molar-refractivity contribution in [3.8, 4) is 0 Å². The van der Waals surface area contributed by atoms with Crippen molar-refractivity contribution in [2.45, 2.75) is 31.8 Å². The Morgan fingerprint density at radius 1 is 1.43 bits per heavy atom. The van der Waals surface area contributed by atoms with Gasteiger partial charge in [-0.2, -0.15) is 0 Å². The highest BCUT2D eigenvalue weighted by Gasteiger charge is 2.16. The number of halogens is 1. The van der Waals surface area contributed by atoms with Crippen molar-refractivity contribution in [1.29, 1.82) is 0 Å². The molecule has 0 aliphatic heterocycles. The van der Waals surface area contributed by atoms with E-state index in [0.29, 0.717) is 5.92 Å². The van der Waals surface area contributed by atoms with Crippen LogP contribution in [0, 0.1) is 5.92 Å². The van der Waals surface area contributed by atoms with Crippen molar-refractivity contribution < 1.29 is 8.42 Å². The molecule has 80 valence electrons. The molecule has 0 aliphatic carbocycles. The Kier molecular flexibility index (Phi) is 3.21. The minimum atomic E-state index is -3.70. The molecular weight excluding hydrogens is 224 g/mol. The molecule has 1 rings (SSSR count). The molecule has 14 heavy (non-hydrogen) atoms. The van der Waals surface area contributed by atoms with Crippen molar-refractivity contribution in [1.82, 2.24) is 9.55 Å². The minimum absolute atomic E-state index is 0.0910. The van der Waals surface area contributed by atoms with Gasteiger partial charge in [0.15, 0.2) is 5.03 Å². The highest BCUT2D eigenvalue weighted by atomic mass is 35.7. The third-order valence-corrected chi connectivity index (χ3v) is 3.45. The van der Waals surface area contributed by atoms with E-state index >= 15 is 0 Å². The predicted molar refractivity (Wildman–Crippen MR) is 54.8 cm³/mol.